The second-order valence-electron chi connectivity index (χ2n) is 5.12. The Morgan fingerprint density at radius 2 is 2.33 bits per heavy atom. The van der Waals surface area contributed by atoms with Gasteiger partial charge in [0.05, 0.1) is 30.6 Å². The summed E-state index contributed by atoms with van der Waals surface area (Å²) in [5.41, 5.74) is 3.84. The Balaban J connectivity index is 1.91. The largest absolute Gasteiger partial charge is 0.342 e. The molecule has 1 N–H and O–H groups in total. The highest BCUT2D eigenvalue weighted by molar-refractivity contribution is 6.35. The summed E-state index contributed by atoms with van der Waals surface area (Å²) < 4.78 is 12.2. The highest BCUT2D eigenvalue weighted by atomic mass is 35.5. The first-order valence-electron chi connectivity index (χ1n) is 6.89. The molecule has 7 heteroatoms. The van der Waals surface area contributed by atoms with Gasteiger partial charge in [0, 0.05) is 10.6 Å². The molecule has 5 nitrogen and oxygen atoms in total. The average Bonchev–Trinajstić information content (AvgIpc) is 3.09. The molecule has 2 atom stereocenters. The number of ether oxygens (including phenoxy) is 2. The van der Waals surface area contributed by atoms with Crippen molar-refractivity contribution in [2.75, 3.05) is 19.8 Å². The van der Waals surface area contributed by atoms with Gasteiger partial charge in [-0.25, -0.2) is 0 Å². The van der Waals surface area contributed by atoms with Crippen molar-refractivity contribution in [2.24, 2.45) is 4.99 Å². The van der Waals surface area contributed by atoms with Gasteiger partial charge in [-0.3, -0.25) is 4.99 Å². The number of benzene rings is 1. The maximum absolute atomic E-state index is 6.36. The Labute approximate surface area is 133 Å². The van der Waals surface area contributed by atoms with Crippen molar-refractivity contribution < 1.29 is 9.47 Å². The van der Waals surface area contributed by atoms with Crippen molar-refractivity contribution in [3.05, 3.63) is 33.8 Å². The molecule has 114 valence electrons. The van der Waals surface area contributed by atoms with Crippen LogP contribution in [0.3, 0.4) is 0 Å². The number of hydrogen-bond donors (Lipinski definition) is 1. The molecule has 1 aromatic carbocycles. The molecule has 0 radical (unpaired) electrons. The number of hydrazine groups is 1. The first-order chi connectivity index (χ1) is 10.1. The fourth-order valence-electron chi connectivity index (χ4n) is 2.52. The minimum Gasteiger partial charge on any atom is -0.342 e. The van der Waals surface area contributed by atoms with Gasteiger partial charge in [-0.05, 0) is 18.6 Å². The number of aliphatic imine (C=N–C) groups is 1. The van der Waals surface area contributed by atoms with Gasteiger partial charge >= 0.3 is 0 Å². The van der Waals surface area contributed by atoms with Gasteiger partial charge in [-0.2, -0.15) is 5.01 Å². The number of nitrogens with one attached hydrogen (secondary N) is 1. The molecule has 0 amide bonds. The van der Waals surface area contributed by atoms with Crippen LogP contribution in [0.15, 0.2) is 23.2 Å². The molecule has 2 heterocycles. The van der Waals surface area contributed by atoms with Gasteiger partial charge in [0.2, 0.25) is 5.79 Å². The molecule has 2 aliphatic heterocycles. The van der Waals surface area contributed by atoms with Crippen LogP contribution >= 0.6 is 23.2 Å². The zero-order valence-electron chi connectivity index (χ0n) is 11.7. The third-order valence-corrected chi connectivity index (χ3v) is 4.19. The van der Waals surface area contributed by atoms with Crippen LogP contribution in [-0.2, 0) is 15.3 Å². The molecule has 1 saturated heterocycles. The van der Waals surface area contributed by atoms with Crippen molar-refractivity contribution in [1.29, 1.82) is 0 Å². The first kappa shape index (κ1) is 15.1. The molecule has 0 bridgehead atoms. The molecule has 0 saturated carbocycles. The normalized spacial score (nSPS) is 29.0. The summed E-state index contributed by atoms with van der Waals surface area (Å²) >= 11 is 12.3. The summed E-state index contributed by atoms with van der Waals surface area (Å²) in [5, 5.41) is 3.05. The Hall–Kier alpha value is -0.850. The van der Waals surface area contributed by atoms with Crippen molar-refractivity contribution in [3.63, 3.8) is 0 Å². The molecular weight excluding hydrogens is 313 g/mol. The molecular formula is C14H17Cl2N3O2. The van der Waals surface area contributed by atoms with Crippen LogP contribution in [0.4, 0.5) is 0 Å². The van der Waals surface area contributed by atoms with Crippen LogP contribution in [-0.4, -0.2) is 37.3 Å². The SMILES string of the molecule is CCC1COC(CN2CN=CN2)(c2ccc(Cl)cc2Cl)O1. The smallest absolute Gasteiger partial charge is 0.211 e. The van der Waals surface area contributed by atoms with Gasteiger partial charge in [0.1, 0.15) is 6.67 Å². The Morgan fingerprint density at radius 3 is 2.95 bits per heavy atom. The van der Waals surface area contributed by atoms with Gasteiger partial charge in [-0.1, -0.05) is 36.2 Å². The first-order valence-corrected chi connectivity index (χ1v) is 7.65. The van der Waals surface area contributed by atoms with Crippen LogP contribution in [0.2, 0.25) is 10.0 Å². The monoisotopic (exact) mass is 329 g/mol. The summed E-state index contributed by atoms with van der Waals surface area (Å²) in [6.07, 6.45) is 2.60. The molecule has 2 aliphatic rings. The molecule has 0 aliphatic carbocycles. The minimum absolute atomic E-state index is 0.0558. The Morgan fingerprint density at radius 1 is 1.48 bits per heavy atom. The fourth-order valence-corrected chi connectivity index (χ4v) is 3.08. The van der Waals surface area contributed by atoms with E-state index in [-0.39, 0.29) is 6.10 Å². The lowest BCUT2D eigenvalue weighted by Crippen LogP contribution is -2.46. The third kappa shape index (κ3) is 3.03. The van der Waals surface area contributed by atoms with Gasteiger partial charge in [-0.15, -0.1) is 0 Å². The highest BCUT2D eigenvalue weighted by Gasteiger charge is 2.45. The van der Waals surface area contributed by atoms with Gasteiger partial charge in [0.25, 0.3) is 0 Å². The summed E-state index contributed by atoms with van der Waals surface area (Å²) in [7, 11) is 0. The molecule has 1 fully saturated rings. The third-order valence-electron chi connectivity index (χ3n) is 3.64. The minimum atomic E-state index is -0.900. The summed E-state index contributed by atoms with van der Waals surface area (Å²) in [5.74, 6) is -0.900. The second-order valence-corrected chi connectivity index (χ2v) is 5.96. The molecule has 2 unspecified atom stereocenters. The Bertz CT molecular complexity index is 547. The average molecular weight is 330 g/mol. The zero-order valence-corrected chi connectivity index (χ0v) is 13.2. The maximum Gasteiger partial charge on any atom is 0.211 e. The molecule has 0 spiro atoms. The van der Waals surface area contributed by atoms with E-state index >= 15 is 0 Å². The van der Waals surface area contributed by atoms with Gasteiger partial charge in [0.15, 0.2) is 0 Å². The lowest BCUT2D eigenvalue weighted by molar-refractivity contribution is -0.191. The van der Waals surface area contributed by atoms with E-state index < -0.39 is 5.79 Å². The number of hydrogen-bond acceptors (Lipinski definition) is 5. The fraction of sp³-hybridized carbons (Fsp3) is 0.500. The Kier molecular flexibility index (Phi) is 4.38. The van der Waals surface area contributed by atoms with E-state index in [0.717, 1.165) is 12.0 Å². The predicted molar refractivity (Wildman–Crippen MR) is 82.5 cm³/mol. The van der Waals surface area contributed by atoms with E-state index in [1.54, 1.807) is 18.5 Å². The van der Waals surface area contributed by atoms with Crippen LogP contribution in [0.25, 0.3) is 0 Å². The summed E-state index contributed by atoms with van der Waals surface area (Å²) in [6, 6.07) is 5.37. The molecule has 0 aromatic heterocycles. The van der Waals surface area contributed by atoms with Crippen LogP contribution in [0.1, 0.15) is 18.9 Å². The highest BCUT2D eigenvalue weighted by Crippen LogP contribution is 2.40. The van der Waals surface area contributed by atoms with Crippen molar-refractivity contribution in [2.45, 2.75) is 25.2 Å². The van der Waals surface area contributed by atoms with E-state index in [1.165, 1.54) is 0 Å². The molecule has 1 aromatic rings. The lowest BCUT2D eigenvalue weighted by atomic mass is 10.1. The number of halogens is 2. The van der Waals surface area contributed by atoms with Crippen LogP contribution in [0.5, 0.6) is 0 Å². The predicted octanol–water partition coefficient (Wildman–Crippen LogP) is 2.78. The van der Waals surface area contributed by atoms with E-state index in [2.05, 4.69) is 17.3 Å². The summed E-state index contributed by atoms with van der Waals surface area (Å²) in [6.45, 7) is 3.66. The van der Waals surface area contributed by atoms with E-state index in [1.807, 2.05) is 11.1 Å². The van der Waals surface area contributed by atoms with Crippen molar-refractivity contribution in [3.8, 4) is 0 Å². The quantitative estimate of drug-likeness (QED) is 0.922. The van der Waals surface area contributed by atoms with Gasteiger partial charge < -0.3 is 14.9 Å². The second kappa shape index (κ2) is 6.10. The number of nitrogens with zero attached hydrogens (tertiary/aromatic N) is 2. The topological polar surface area (TPSA) is 46.1 Å². The molecule has 3 rings (SSSR count). The summed E-state index contributed by atoms with van der Waals surface area (Å²) in [4.78, 5) is 4.13. The van der Waals surface area contributed by atoms with Crippen LogP contribution in [0, 0.1) is 0 Å². The number of rotatable bonds is 4. The standard InChI is InChI=1S/C14H17Cl2N3O2/c1-2-11-6-20-14(21-11,7-19-9-17-8-18-19)12-4-3-10(15)5-13(12)16/h3-5,8,11H,2,6-7,9H2,1H3,(H,17,18). The van der Waals surface area contributed by atoms with Crippen molar-refractivity contribution in [1.82, 2.24) is 10.4 Å². The maximum atomic E-state index is 6.36. The van der Waals surface area contributed by atoms with E-state index in [4.69, 9.17) is 32.7 Å². The van der Waals surface area contributed by atoms with E-state index in [0.29, 0.717) is 29.9 Å². The lowest BCUT2D eigenvalue weighted by Gasteiger charge is -2.32. The zero-order chi connectivity index (χ0) is 14.9. The van der Waals surface area contributed by atoms with E-state index in [9.17, 15) is 0 Å². The van der Waals surface area contributed by atoms with Crippen molar-refractivity contribution >= 4 is 29.5 Å². The molecule has 21 heavy (non-hydrogen) atoms. The van der Waals surface area contributed by atoms with Crippen LogP contribution < -0.4 is 5.43 Å².